The number of rotatable bonds is 54. The molecule has 0 heterocycles. The van der Waals surface area contributed by atoms with Crippen LogP contribution in [0.15, 0.2) is 109 Å². The summed E-state index contributed by atoms with van der Waals surface area (Å²) in [7, 11) is 0. The summed E-state index contributed by atoms with van der Waals surface area (Å²) in [5.41, 5.74) is 0. The van der Waals surface area contributed by atoms with E-state index in [-0.39, 0.29) is 12.5 Å². The van der Waals surface area contributed by atoms with Crippen LogP contribution in [0, 0.1) is 0 Å². The van der Waals surface area contributed by atoms with E-state index >= 15 is 0 Å². The normalized spacial score (nSPS) is 13.6. The Kier molecular flexibility index (Phi) is 57.8. The molecule has 0 aliphatic carbocycles. The van der Waals surface area contributed by atoms with Gasteiger partial charge in [-0.2, -0.15) is 0 Å². The molecule has 4 nitrogen and oxygen atoms in total. The third-order valence-electron chi connectivity index (χ3n) is 13.3. The fraction of sp³-hybridized carbons (Fsp3) is 0.712. The Balaban J connectivity index is 3.58. The predicted octanol–water partition coefficient (Wildman–Crippen LogP) is 20.3. The first kappa shape index (κ1) is 67.0. The SMILES string of the molecule is CC/C=C\C/C=C\C/C=C\C/C=C\C/C=C\C/C=C\C/C=C\C/C=C\CCCCCCCCCCC(=O)NC(CO)C(O)/C=C/CCCCCCCCCCCCCCCCCCCCCCCCC. The van der Waals surface area contributed by atoms with E-state index in [1.165, 1.54) is 173 Å². The van der Waals surface area contributed by atoms with Crippen LogP contribution in [0.2, 0.25) is 0 Å². The summed E-state index contributed by atoms with van der Waals surface area (Å²) in [6.07, 6.45) is 91.1. The maximum absolute atomic E-state index is 12.5. The minimum Gasteiger partial charge on any atom is -0.394 e. The van der Waals surface area contributed by atoms with Crippen molar-refractivity contribution in [2.75, 3.05) is 6.61 Å². The molecule has 0 saturated carbocycles. The third kappa shape index (κ3) is 56.0. The molecule has 4 heteroatoms. The van der Waals surface area contributed by atoms with E-state index in [0.29, 0.717) is 6.42 Å². The van der Waals surface area contributed by atoms with Gasteiger partial charge in [-0.05, 0) is 83.5 Å². The molecule has 3 N–H and O–H groups in total. The second kappa shape index (κ2) is 60.4. The van der Waals surface area contributed by atoms with E-state index in [2.05, 4.69) is 116 Å². The lowest BCUT2D eigenvalue weighted by atomic mass is 10.0. The highest BCUT2D eigenvalue weighted by molar-refractivity contribution is 5.76. The fourth-order valence-electron chi connectivity index (χ4n) is 8.73. The van der Waals surface area contributed by atoms with Crippen molar-refractivity contribution < 1.29 is 15.0 Å². The number of aliphatic hydroxyl groups is 2. The van der Waals surface area contributed by atoms with Crippen LogP contribution in [0.5, 0.6) is 0 Å². The molecule has 0 fully saturated rings. The average Bonchev–Trinajstić information content (AvgIpc) is 3.36. The number of aliphatic hydroxyl groups excluding tert-OH is 2. The highest BCUT2D eigenvalue weighted by atomic mass is 16.3. The molecule has 0 aliphatic rings. The van der Waals surface area contributed by atoms with Crippen molar-refractivity contribution in [1.82, 2.24) is 5.32 Å². The zero-order valence-electron chi connectivity index (χ0n) is 46.3. The van der Waals surface area contributed by atoms with E-state index in [0.717, 1.165) is 89.9 Å². The Morgan fingerprint density at radius 3 is 0.943 bits per heavy atom. The van der Waals surface area contributed by atoms with Crippen LogP contribution in [-0.4, -0.2) is 34.9 Å². The lowest BCUT2D eigenvalue weighted by Crippen LogP contribution is -2.45. The van der Waals surface area contributed by atoms with Crippen LogP contribution in [0.3, 0.4) is 0 Å². The lowest BCUT2D eigenvalue weighted by molar-refractivity contribution is -0.123. The molecule has 70 heavy (non-hydrogen) atoms. The molecule has 2 unspecified atom stereocenters. The number of unbranched alkanes of at least 4 members (excludes halogenated alkanes) is 31. The van der Waals surface area contributed by atoms with Gasteiger partial charge in [0.05, 0.1) is 18.8 Å². The van der Waals surface area contributed by atoms with Gasteiger partial charge in [0.2, 0.25) is 5.91 Å². The number of allylic oxidation sites excluding steroid dienone is 17. The molecule has 0 rings (SSSR count). The summed E-state index contributed by atoms with van der Waals surface area (Å²) in [6.45, 7) is 4.21. The second-order valence-corrected chi connectivity index (χ2v) is 20.0. The van der Waals surface area contributed by atoms with Gasteiger partial charge in [-0.1, -0.05) is 303 Å². The zero-order valence-corrected chi connectivity index (χ0v) is 46.3. The number of hydrogen-bond acceptors (Lipinski definition) is 3. The van der Waals surface area contributed by atoms with Crippen LogP contribution in [0.4, 0.5) is 0 Å². The maximum Gasteiger partial charge on any atom is 0.220 e. The van der Waals surface area contributed by atoms with E-state index in [4.69, 9.17) is 0 Å². The molecule has 0 aromatic heterocycles. The second-order valence-electron chi connectivity index (χ2n) is 20.0. The van der Waals surface area contributed by atoms with E-state index in [1.807, 2.05) is 6.08 Å². The van der Waals surface area contributed by atoms with Crippen LogP contribution >= 0.6 is 0 Å². The van der Waals surface area contributed by atoms with Crippen LogP contribution in [-0.2, 0) is 4.79 Å². The average molecular weight is 971 g/mol. The van der Waals surface area contributed by atoms with Crippen LogP contribution in [0.1, 0.15) is 284 Å². The first-order valence-corrected chi connectivity index (χ1v) is 30.1. The monoisotopic (exact) mass is 970 g/mol. The minimum atomic E-state index is -0.851. The molecule has 0 bridgehead atoms. The number of amides is 1. The largest absolute Gasteiger partial charge is 0.394 e. The Morgan fingerprint density at radius 1 is 0.357 bits per heavy atom. The van der Waals surface area contributed by atoms with Crippen molar-refractivity contribution in [3.63, 3.8) is 0 Å². The Labute approximate surface area is 436 Å². The Bertz CT molecular complexity index is 1330. The van der Waals surface area contributed by atoms with Gasteiger partial charge in [0.15, 0.2) is 0 Å². The van der Waals surface area contributed by atoms with E-state index in [9.17, 15) is 15.0 Å². The van der Waals surface area contributed by atoms with E-state index in [1.54, 1.807) is 6.08 Å². The molecule has 0 aliphatic heterocycles. The summed E-state index contributed by atoms with van der Waals surface area (Å²) in [5, 5.41) is 23.2. The number of hydrogen-bond donors (Lipinski definition) is 3. The van der Waals surface area contributed by atoms with Crippen molar-refractivity contribution in [2.45, 2.75) is 296 Å². The van der Waals surface area contributed by atoms with Gasteiger partial charge in [-0.3, -0.25) is 4.79 Å². The minimum absolute atomic E-state index is 0.0743. The standard InChI is InChI=1S/C66H115NO3/c1-3-5-7-9-11-13-15-17-19-21-23-25-27-29-30-31-32-33-34-35-36-38-40-42-44-46-48-50-52-54-56-58-60-62-66(70)67-64(63-68)65(69)61-59-57-55-53-51-49-47-45-43-41-39-37-28-26-24-22-20-18-16-14-12-10-8-6-4-2/h5,7,11,13,17,19,23,25,29-30,32-33,35-36,40,42,59,61,64-65,68-69H,3-4,6,8-10,12,14-16,18,20-22,24,26-28,31,34,37-39,41,43-58,60,62-63H2,1-2H3,(H,67,70)/b7-5-,13-11-,19-17-,25-23-,30-29-,33-32-,36-35-,42-40-,61-59+. The van der Waals surface area contributed by atoms with Crippen molar-refractivity contribution in [3.8, 4) is 0 Å². The van der Waals surface area contributed by atoms with Crippen molar-refractivity contribution in [2.24, 2.45) is 0 Å². The zero-order chi connectivity index (χ0) is 50.6. The van der Waals surface area contributed by atoms with Crippen LogP contribution in [0.25, 0.3) is 0 Å². The molecule has 0 radical (unpaired) electrons. The molecule has 0 aromatic carbocycles. The number of carbonyl (C=O) groups is 1. The van der Waals surface area contributed by atoms with Gasteiger partial charge < -0.3 is 15.5 Å². The maximum atomic E-state index is 12.5. The summed E-state index contributed by atoms with van der Waals surface area (Å²) < 4.78 is 0. The Hall–Kier alpha value is -2.95. The molecule has 1 amide bonds. The van der Waals surface area contributed by atoms with Gasteiger partial charge in [-0.15, -0.1) is 0 Å². The van der Waals surface area contributed by atoms with E-state index < -0.39 is 12.1 Å². The van der Waals surface area contributed by atoms with Gasteiger partial charge in [0.25, 0.3) is 0 Å². The Morgan fingerprint density at radius 2 is 0.629 bits per heavy atom. The smallest absolute Gasteiger partial charge is 0.220 e. The quantitative estimate of drug-likeness (QED) is 0.0420. The number of carbonyl (C=O) groups excluding carboxylic acids is 1. The van der Waals surface area contributed by atoms with Crippen LogP contribution < -0.4 is 5.32 Å². The van der Waals surface area contributed by atoms with Gasteiger partial charge in [-0.25, -0.2) is 0 Å². The summed E-state index contributed by atoms with van der Waals surface area (Å²) >= 11 is 0. The third-order valence-corrected chi connectivity index (χ3v) is 13.3. The fourth-order valence-corrected chi connectivity index (χ4v) is 8.73. The van der Waals surface area contributed by atoms with Crippen molar-refractivity contribution >= 4 is 5.91 Å². The number of nitrogens with one attached hydrogen (secondary N) is 1. The van der Waals surface area contributed by atoms with Crippen molar-refractivity contribution in [3.05, 3.63) is 109 Å². The summed E-state index contributed by atoms with van der Waals surface area (Å²) in [4.78, 5) is 12.5. The summed E-state index contributed by atoms with van der Waals surface area (Å²) in [6, 6.07) is -0.636. The first-order chi connectivity index (χ1) is 34.7. The first-order valence-electron chi connectivity index (χ1n) is 30.1. The molecule has 0 spiro atoms. The summed E-state index contributed by atoms with van der Waals surface area (Å²) in [5.74, 6) is -0.0743. The van der Waals surface area contributed by atoms with Gasteiger partial charge >= 0.3 is 0 Å². The topological polar surface area (TPSA) is 69.6 Å². The molecule has 0 aromatic rings. The van der Waals surface area contributed by atoms with Crippen molar-refractivity contribution in [1.29, 1.82) is 0 Å². The molecule has 402 valence electrons. The predicted molar refractivity (Wildman–Crippen MR) is 313 cm³/mol. The molecule has 2 atom stereocenters. The van der Waals surface area contributed by atoms with Gasteiger partial charge in [0, 0.05) is 6.42 Å². The molecule has 0 saturated heterocycles. The lowest BCUT2D eigenvalue weighted by Gasteiger charge is -2.20. The van der Waals surface area contributed by atoms with Gasteiger partial charge in [0.1, 0.15) is 0 Å². The highest BCUT2D eigenvalue weighted by Gasteiger charge is 2.18. The highest BCUT2D eigenvalue weighted by Crippen LogP contribution is 2.17. The molecular formula is C66H115NO3. The molecular weight excluding hydrogens is 855 g/mol.